The number of allylic oxidation sites excluding steroid dienone is 2. The second-order valence-corrected chi connectivity index (χ2v) is 8.39. The number of hydrogen-bond acceptors (Lipinski definition) is 4. The van der Waals surface area contributed by atoms with Crippen molar-refractivity contribution in [3.05, 3.63) is 87.0 Å². The summed E-state index contributed by atoms with van der Waals surface area (Å²) >= 11 is 5.66. The number of rotatable bonds is 4. The van der Waals surface area contributed by atoms with Gasteiger partial charge in [0, 0.05) is 33.0 Å². The largest absolute Gasteiger partial charge is 0.265 e. The van der Waals surface area contributed by atoms with Crippen LogP contribution < -0.4 is 0 Å². The SMILES string of the molecule is C1=C(c2cccs2)SC(c2cccs2)C1/C=C/c1ccncc1. The van der Waals surface area contributed by atoms with E-state index in [1.807, 2.05) is 59.0 Å². The Bertz CT molecular complexity index is 802. The minimum absolute atomic E-state index is 0.420. The van der Waals surface area contributed by atoms with Crippen molar-refractivity contribution in [2.45, 2.75) is 5.25 Å². The lowest BCUT2D eigenvalue weighted by Crippen LogP contribution is -1.98. The van der Waals surface area contributed by atoms with Crippen molar-refractivity contribution in [1.82, 2.24) is 4.98 Å². The first-order chi connectivity index (χ1) is 11.4. The summed E-state index contributed by atoms with van der Waals surface area (Å²) in [6.45, 7) is 0. The van der Waals surface area contributed by atoms with Crippen LogP contribution in [0, 0.1) is 5.92 Å². The van der Waals surface area contributed by atoms with Crippen LogP contribution in [0.2, 0.25) is 0 Å². The average molecular weight is 354 g/mol. The molecule has 1 aliphatic rings. The van der Waals surface area contributed by atoms with Gasteiger partial charge in [-0.3, -0.25) is 4.98 Å². The van der Waals surface area contributed by atoms with E-state index in [9.17, 15) is 0 Å². The van der Waals surface area contributed by atoms with Crippen molar-refractivity contribution in [3.63, 3.8) is 0 Å². The summed E-state index contributed by atoms with van der Waals surface area (Å²) in [5.74, 6) is 0.420. The molecular formula is C19H15NS3. The van der Waals surface area contributed by atoms with E-state index in [2.05, 4.69) is 58.2 Å². The van der Waals surface area contributed by atoms with Crippen LogP contribution in [0.15, 0.2) is 71.7 Å². The summed E-state index contributed by atoms with van der Waals surface area (Å²) in [6.07, 6.45) is 10.6. The molecule has 0 bridgehead atoms. The van der Waals surface area contributed by atoms with Crippen molar-refractivity contribution >= 4 is 45.4 Å². The predicted octanol–water partition coefficient (Wildman–Crippen LogP) is 6.36. The fraction of sp³-hybridized carbons (Fsp3) is 0.105. The molecule has 3 aromatic rings. The Morgan fingerprint density at radius 3 is 2.52 bits per heavy atom. The predicted molar refractivity (Wildman–Crippen MR) is 104 cm³/mol. The average Bonchev–Trinajstić information content (AvgIpc) is 3.33. The van der Waals surface area contributed by atoms with Crippen LogP contribution in [0.5, 0.6) is 0 Å². The molecule has 0 spiro atoms. The third-order valence-corrected chi connectivity index (χ3v) is 7.32. The van der Waals surface area contributed by atoms with E-state index in [4.69, 9.17) is 0 Å². The number of aromatic nitrogens is 1. The van der Waals surface area contributed by atoms with Gasteiger partial charge in [0.25, 0.3) is 0 Å². The first kappa shape index (κ1) is 14.9. The van der Waals surface area contributed by atoms with Crippen molar-refractivity contribution in [2.75, 3.05) is 0 Å². The fourth-order valence-electron chi connectivity index (χ4n) is 2.63. The maximum atomic E-state index is 4.08. The summed E-state index contributed by atoms with van der Waals surface area (Å²) in [7, 11) is 0. The first-order valence-electron chi connectivity index (χ1n) is 7.44. The van der Waals surface area contributed by atoms with Gasteiger partial charge in [-0.25, -0.2) is 0 Å². The van der Waals surface area contributed by atoms with Gasteiger partial charge in [0.05, 0.1) is 5.25 Å². The molecule has 0 aromatic carbocycles. The number of nitrogens with zero attached hydrogens (tertiary/aromatic N) is 1. The molecule has 0 radical (unpaired) electrons. The Hall–Kier alpha value is -1.62. The zero-order valence-corrected chi connectivity index (χ0v) is 14.8. The summed E-state index contributed by atoms with van der Waals surface area (Å²) in [4.78, 5) is 8.30. The van der Waals surface area contributed by atoms with Crippen molar-refractivity contribution in [1.29, 1.82) is 0 Å². The fourth-order valence-corrected chi connectivity index (χ4v) is 5.85. The van der Waals surface area contributed by atoms with E-state index in [-0.39, 0.29) is 0 Å². The third-order valence-electron chi connectivity index (χ3n) is 3.75. The highest BCUT2D eigenvalue weighted by molar-refractivity contribution is 8.09. The standard InChI is InChI=1S/C19H15NS3/c1-3-16(21-11-1)18-13-15(6-5-14-7-9-20-10-8-14)19(23-18)17-4-2-12-22-17/h1-13,15,19H/b6-5+. The molecule has 114 valence electrons. The van der Waals surface area contributed by atoms with Gasteiger partial charge in [0.2, 0.25) is 0 Å². The molecule has 23 heavy (non-hydrogen) atoms. The Morgan fingerprint density at radius 1 is 0.957 bits per heavy atom. The molecule has 1 nitrogen and oxygen atoms in total. The summed E-state index contributed by atoms with van der Waals surface area (Å²) in [6, 6.07) is 12.8. The van der Waals surface area contributed by atoms with E-state index in [0.29, 0.717) is 11.2 Å². The van der Waals surface area contributed by atoms with Crippen LogP contribution in [0.3, 0.4) is 0 Å². The molecule has 2 atom stereocenters. The zero-order chi connectivity index (χ0) is 15.5. The Balaban J connectivity index is 1.63. The highest BCUT2D eigenvalue weighted by atomic mass is 32.2. The van der Waals surface area contributed by atoms with Gasteiger partial charge >= 0.3 is 0 Å². The maximum Gasteiger partial charge on any atom is 0.0536 e. The number of thioether (sulfide) groups is 1. The Labute approximate surface area is 148 Å². The maximum absolute atomic E-state index is 4.08. The van der Waals surface area contributed by atoms with Gasteiger partial charge in [-0.15, -0.1) is 34.4 Å². The minimum Gasteiger partial charge on any atom is -0.265 e. The van der Waals surface area contributed by atoms with Gasteiger partial charge in [-0.2, -0.15) is 0 Å². The van der Waals surface area contributed by atoms with E-state index < -0.39 is 0 Å². The van der Waals surface area contributed by atoms with Crippen molar-refractivity contribution in [2.24, 2.45) is 5.92 Å². The van der Waals surface area contributed by atoms with Gasteiger partial charge < -0.3 is 0 Å². The van der Waals surface area contributed by atoms with Crippen LogP contribution in [0.25, 0.3) is 11.0 Å². The van der Waals surface area contributed by atoms with E-state index in [1.54, 1.807) is 0 Å². The van der Waals surface area contributed by atoms with E-state index >= 15 is 0 Å². The lowest BCUT2D eigenvalue weighted by Gasteiger charge is -2.13. The Morgan fingerprint density at radius 2 is 1.78 bits per heavy atom. The van der Waals surface area contributed by atoms with E-state index in [0.717, 1.165) is 0 Å². The van der Waals surface area contributed by atoms with Crippen molar-refractivity contribution < 1.29 is 0 Å². The molecule has 0 amide bonds. The van der Waals surface area contributed by atoms with Crippen molar-refractivity contribution in [3.8, 4) is 0 Å². The lowest BCUT2D eigenvalue weighted by molar-refractivity contribution is 0.816. The second-order valence-electron chi connectivity index (χ2n) is 5.28. The van der Waals surface area contributed by atoms with Crippen LogP contribution in [0.4, 0.5) is 0 Å². The molecule has 0 N–H and O–H groups in total. The lowest BCUT2D eigenvalue weighted by atomic mass is 10.0. The highest BCUT2D eigenvalue weighted by Gasteiger charge is 2.29. The van der Waals surface area contributed by atoms with Crippen LogP contribution in [-0.2, 0) is 0 Å². The van der Waals surface area contributed by atoms with Crippen LogP contribution in [0.1, 0.15) is 20.6 Å². The van der Waals surface area contributed by atoms with Gasteiger partial charge in [0.15, 0.2) is 0 Å². The summed E-state index contributed by atoms with van der Waals surface area (Å²) in [5.41, 5.74) is 1.20. The first-order valence-corrected chi connectivity index (χ1v) is 10.1. The topological polar surface area (TPSA) is 12.9 Å². The molecule has 4 heteroatoms. The Kier molecular flexibility index (Phi) is 4.46. The molecule has 0 saturated heterocycles. The number of hydrogen-bond donors (Lipinski definition) is 0. The van der Waals surface area contributed by atoms with Gasteiger partial charge in [-0.1, -0.05) is 30.4 Å². The molecule has 0 fully saturated rings. The summed E-state index contributed by atoms with van der Waals surface area (Å²) < 4.78 is 0. The molecule has 1 aliphatic heterocycles. The number of pyridine rings is 1. The molecule has 3 aromatic heterocycles. The smallest absolute Gasteiger partial charge is 0.0536 e. The van der Waals surface area contributed by atoms with Gasteiger partial charge in [-0.05, 0) is 40.6 Å². The molecule has 4 rings (SSSR count). The molecular weight excluding hydrogens is 338 g/mol. The highest BCUT2D eigenvalue weighted by Crippen LogP contribution is 2.53. The monoisotopic (exact) mass is 353 g/mol. The second kappa shape index (κ2) is 6.87. The normalized spacial score (nSPS) is 21.0. The zero-order valence-electron chi connectivity index (χ0n) is 12.3. The van der Waals surface area contributed by atoms with Crippen LogP contribution in [-0.4, -0.2) is 4.98 Å². The quantitative estimate of drug-likeness (QED) is 0.541. The molecule has 2 unspecified atom stereocenters. The number of thiophene rings is 2. The summed E-state index contributed by atoms with van der Waals surface area (Å²) in [5, 5.41) is 4.80. The molecule has 4 heterocycles. The third kappa shape index (κ3) is 3.34. The van der Waals surface area contributed by atoms with Crippen LogP contribution >= 0.6 is 34.4 Å². The van der Waals surface area contributed by atoms with Gasteiger partial charge in [0.1, 0.15) is 0 Å². The molecule has 0 aliphatic carbocycles. The minimum atomic E-state index is 0.420. The molecule has 0 saturated carbocycles. The van der Waals surface area contributed by atoms with E-state index in [1.165, 1.54) is 20.2 Å².